The monoisotopic (exact) mass is 438 g/mol. The van der Waals surface area contributed by atoms with Crippen LogP contribution in [0.1, 0.15) is 28.8 Å². The normalized spacial score (nSPS) is 15.3. The molecule has 0 aliphatic carbocycles. The highest BCUT2D eigenvalue weighted by molar-refractivity contribution is 6.06. The number of amides is 2. The van der Waals surface area contributed by atoms with Crippen molar-refractivity contribution >= 4 is 29.5 Å². The van der Waals surface area contributed by atoms with Gasteiger partial charge < -0.3 is 24.8 Å². The van der Waals surface area contributed by atoms with Crippen LogP contribution < -0.4 is 15.4 Å². The number of esters is 1. The molecule has 0 radical (unpaired) electrons. The number of hydrogen-bond donors (Lipinski definition) is 2. The molecule has 1 unspecified atom stereocenters. The van der Waals surface area contributed by atoms with E-state index >= 15 is 0 Å². The summed E-state index contributed by atoms with van der Waals surface area (Å²) in [6.07, 6.45) is 4.90. The molecule has 1 aliphatic rings. The molecule has 32 heavy (non-hydrogen) atoms. The van der Waals surface area contributed by atoms with Crippen LogP contribution in [0.4, 0.5) is 5.69 Å². The summed E-state index contributed by atoms with van der Waals surface area (Å²) in [5, 5.41) is 5.36. The fourth-order valence-corrected chi connectivity index (χ4v) is 3.12. The first kappa shape index (κ1) is 23.0. The van der Waals surface area contributed by atoms with Gasteiger partial charge in [0.15, 0.2) is 6.61 Å². The van der Waals surface area contributed by atoms with Gasteiger partial charge in [0.2, 0.25) is 5.91 Å². The zero-order chi connectivity index (χ0) is 22.8. The lowest BCUT2D eigenvalue weighted by molar-refractivity contribution is -0.124. The van der Waals surface area contributed by atoms with Gasteiger partial charge in [0.25, 0.3) is 5.91 Å². The fraction of sp³-hybridized carbons (Fsp3) is 0.292. The van der Waals surface area contributed by atoms with E-state index in [1.54, 1.807) is 43.5 Å². The summed E-state index contributed by atoms with van der Waals surface area (Å²) in [4.78, 5) is 36.7. The average molecular weight is 438 g/mol. The number of carbonyl (C=O) groups is 3. The molecule has 1 saturated heterocycles. The van der Waals surface area contributed by atoms with Gasteiger partial charge >= 0.3 is 5.97 Å². The fourth-order valence-electron chi connectivity index (χ4n) is 3.12. The summed E-state index contributed by atoms with van der Waals surface area (Å²) < 4.78 is 15.6. The van der Waals surface area contributed by atoms with Crippen LogP contribution >= 0.6 is 0 Å². The van der Waals surface area contributed by atoms with Crippen LogP contribution in [0.25, 0.3) is 6.08 Å². The van der Waals surface area contributed by atoms with Crippen LogP contribution in [0.15, 0.2) is 54.6 Å². The van der Waals surface area contributed by atoms with Crippen LogP contribution in [0.2, 0.25) is 0 Å². The number of methoxy groups -OCH3 is 1. The van der Waals surface area contributed by atoms with E-state index in [1.807, 2.05) is 12.1 Å². The molecule has 1 aliphatic heterocycles. The Kier molecular flexibility index (Phi) is 8.39. The summed E-state index contributed by atoms with van der Waals surface area (Å²) >= 11 is 0. The Labute approximate surface area is 186 Å². The van der Waals surface area contributed by atoms with E-state index in [1.165, 1.54) is 12.1 Å². The molecule has 1 heterocycles. The molecule has 1 atom stereocenters. The van der Waals surface area contributed by atoms with Crippen molar-refractivity contribution in [3.8, 4) is 5.75 Å². The minimum absolute atomic E-state index is 0.0107. The minimum Gasteiger partial charge on any atom is -0.497 e. The minimum atomic E-state index is -0.702. The third-order valence-electron chi connectivity index (χ3n) is 4.83. The molecule has 2 amide bonds. The quantitative estimate of drug-likeness (QED) is 0.461. The number of rotatable bonds is 9. The first-order chi connectivity index (χ1) is 15.5. The van der Waals surface area contributed by atoms with Crippen molar-refractivity contribution < 1.29 is 28.6 Å². The largest absolute Gasteiger partial charge is 0.497 e. The molecule has 3 rings (SSSR count). The third kappa shape index (κ3) is 6.95. The van der Waals surface area contributed by atoms with E-state index in [9.17, 15) is 14.4 Å². The predicted octanol–water partition coefficient (Wildman–Crippen LogP) is 2.80. The van der Waals surface area contributed by atoms with Gasteiger partial charge in [-0.3, -0.25) is 9.59 Å². The summed E-state index contributed by atoms with van der Waals surface area (Å²) in [6.45, 7) is 0.683. The number of nitrogens with one attached hydrogen (secondary N) is 2. The molecule has 0 spiro atoms. The Balaban J connectivity index is 1.52. The Bertz CT molecular complexity index is 965. The van der Waals surface area contributed by atoms with Gasteiger partial charge in [0.1, 0.15) is 5.75 Å². The highest BCUT2D eigenvalue weighted by Crippen LogP contribution is 2.17. The molecule has 8 nitrogen and oxygen atoms in total. The number of anilines is 1. The molecule has 0 bridgehead atoms. The first-order valence-corrected chi connectivity index (χ1v) is 10.3. The van der Waals surface area contributed by atoms with Crippen molar-refractivity contribution in [1.82, 2.24) is 5.32 Å². The average Bonchev–Trinajstić information content (AvgIpc) is 3.34. The highest BCUT2D eigenvalue weighted by Gasteiger charge is 2.18. The van der Waals surface area contributed by atoms with Crippen molar-refractivity contribution in [2.24, 2.45) is 0 Å². The van der Waals surface area contributed by atoms with Crippen molar-refractivity contribution in [3.63, 3.8) is 0 Å². The second-order valence-electron chi connectivity index (χ2n) is 7.16. The van der Waals surface area contributed by atoms with E-state index in [0.29, 0.717) is 18.8 Å². The lowest BCUT2D eigenvalue weighted by Crippen LogP contribution is -2.34. The molecule has 1 fully saturated rings. The van der Waals surface area contributed by atoms with E-state index in [2.05, 4.69) is 10.6 Å². The maximum absolute atomic E-state index is 12.4. The molecular formula is C24H26N2O6. The number of hydrogen-bond acceptors (Lipinski definition) is 6. The molecule has 2 aromatic carbocycles. The second kappa shape index (κ2) is 11.7. The number of ether oxygens (including phenoxy) is 3. The number of para-hydroxylation sites is 1. The lowest BCUT2D eigenvalue weighted by atomic mass is 10.1. The van der Waals surface area contributed by atoms with E-state index < -0.39 is 24.4 Å². The molecule has 2 aromatic rings. The van der Waals surface area contributed by atoms with Crippen LogP contribution in [0.3, 0.4) is 0 Å². The summed E-state index contributed by atoms with van der Waals surface area (Å²) in [5.74, 6) is -0.792. The van der Waals surface area contributed by atoms with Crippen LogP contribution in [0.5, 0.6) is 5.75 Å². The van der Waals surface area contributed by atoms with Crippen LogP contribution in [-0.4, -0.2) is 50.8 Å². The zero-order valence-electron chi connectivity index (χ0n) is 17.8. The Hall–Kier alpha value is -3.65. The van der Waals surface area contributed by atoms with Gasteiger partial charge in [-0.1, -0.05) is 24.3 Å². The van der Waals surface area contributed by atoms with Gasteiger partial charge in [-0.2, -0.15) is 0 Å². The summed E-state index contributed by atoms with van der Waals surface area (Å²) in [5.41, 5.74) is 1.27. The first-order valence-electron chi connectivity index (χ1n) is 10.3. The summed E-state index contributed by atoms with van der Waals surface area (Å²) in [7, 11) is 1.58. The number of carbonyl (C=O) groups excluding carboxylic acids is 3. The molecule has 2 N–H and O–H groups in total. The molecular weight excluding hydrogens is 412 g/mol. The Morgan fingerprint density at radius 3 is 2.62 bits per heavy atom. The van der Waals surface area contributed by atoms with Gasteiger partial charge in [0.05, 0.1) is 24.5 Å². The van der Waals surface area contributed by atoms with Crippen LogP contribution in [-0.2, 0) is 19.1 Å². The molecule has 0 saturated carbocycles. The van der Waals surface area contributed by atoms with Crippen molar-refractivity contribution in [3.05, 3.63) is 65.7 Å². The topological polar surface area (TPSA) is 103 Å². The van der Waals surface area contributed by atoms with Crippen molar-refractivity contribution in [2.45, 2.75) is 18.9 Å². The maximum Gasteiger partial charge on any atom is 0.340 e. The van der Waals surface area contributed by atoms with E-state index in [-0.39, 0.29) is 11.7 Å². The molecule has 8 heteroatoms. The predicted molar refractivity (Wildman–Crippen MR) is 119 cm³/mol. The van der Waals surface area contributed by atoms with Crippen molar-refractivity contribution in [2.75, 3.05) is 32.2 Å². The van der Waals surface area contributed by atoms with E-state index in [4.69, 9.17) is 14.2 Å². The molecule has 168 valence electrons. The highest BCUT2D eigenvalue weighted by atomic mass is 16.5. The third-order valence-corrected chi connectivity index (χ3v) is 4.83. The summed E-state index contributed by atoms with van der Waals surface area (Å²) in [6, 6.07) is 13.7. The van der Waals surface area contributed by atoms with Gasteiger partial charge in [-0.15, -0.1) is 0 Å². The van der Waals surface area contributed by atoms with E-state index in [0.717, 1.165) is 24.2 Å². The van der Waals surface area contributed by atoms with Crippen molar-refractivity contribution in [1.29, 1.82) is 0 Å². The number of benzene rings is 2. The standard InChI is InChI=1S/C24H26N2O6/c1-30-18-11-8-17(9-12-18)10-13-22(27)26-21-7-3-2-6-20(21)24(29)32-16-23(28)25-15-19-5-4-14-31-19/h2-3,6-13,19H,4-5,14-16H2,1H3,(H,25,28)(H,26,27)/b13-10+. The Morgan fingerprint density at radius 1 is 1.12 bits per heavy atom. The SMILES string of the molecule is COc1ccc(/C=C/C(=O)Nc2ccccc2C(=O)OCC(=O)NCC2CCCO2)cc1. The van der Waals surface area contributed by atoms with Crippen LogP contribution in [0, 0.1) is 0 Å². The van der Waals surface area contributed by atoms with Gasteiger partial charge in [-0.25, -0.2) is 4.79 Å². The zero-order valence-corrected chi connectivity index (χ0v) is 17.8. The maximum atomic E-state index is 12.4. The lowest BCUT2D eigenvalue weighted by Gasteiger charge is -2.12. The second-order valence-corrected chi connectivity index (χ2v) is 7.16. The Morgan fingerprint density at radius 2 is 1.91 bits per heavy atom. The van der Waals surface area contributed by atoms with Gasteiger partial charge in [0, 0.05) is 19.2 Å². The molecule has 0 aromatic heterocycles. The smallest absolute Gasteiger partial charge is 0.340 e. The van der Waals surface area contributed by atoms with Gasteiger partial charge in [-0.05, 0) is 48.7 Å².